The summed E-state index contributed by atoms with van der Waals surface area (Å²) >= 11 is 0. The quantitative estimate of drug-likeness (QED) is 0.121. The molecule has 0 bridgehead atoms. The van der Waals surface area contributed by atoms with Gasteiger partial charge in [0.2, 0.25) is 10.0 Å². The molecule has 2 aromatic rings. The Balaban J connectivity index is 1.43. The van der Waals surface area contributed by atoms with E-state index in [4.69, 9.17) is 4.74 Å². The molecule has 3 rings (SSSR count). The number of hydrogen-bond acceptors (Lipinski definition) is 6. The smallest absolute Gasteiger partial charge is 0.262 e. The van der Waals surface area contributed by atoms with Gasteiger partial charge in [-0.15, -0.1) is 0 Å². The van der Waals surface area contributed by atoms with E-state index in [9.17, 15) is 21.9 Å². The lowest BCUT2D eigenvalue weighted by Gasteiger charge is -2.22. The van der Waals surface area contributed by atoms with Crippen molar-refractivity contribution in [2.24, 2.45) is 0 Å². The van der Waals surface area contributed by atoms with Gasteiger partial charge in [-0.25, -0.2) is 16.8 Å². The van der Waals surface area contributed by atoms with E-state index in [1.165, 1.54) is 81.7 Å². The van der Waals surface area contributed by atoms with E-state index < -0.39 is 25.3 Å². The minimum atomic E-state index is -3.97. The largest absolute Gasteiger partial charge is 0.506 e. The minimum Gasteiger partial charge on any atom is -0.506 e. The molecule has 0 amide bonds. The fraction of sp³-hybridized carbons (Fsp3) is 0.600. The van der Waals surface area contributed by atoms with E-state index in [1.54, 1.807) is 12.1 Å². The molecule has 0 heterocycles. The van der Waals surface area contributed by atoms with E-state index in [0.29, 0.717) is 25.2 Å². The number of aromatic hydroxyl groups is 1. The van der Waals surface area contributed by atoms with Gasteiger partial charge in [0.1, 0.15) is 11.5 Å². The Morgan fingerprint density at radius 2 is 1.38 bits per heavy atom. The predicted molar refractivity (Wildman–Crippen MR) is 162 cm³/mol. The van der Waals surface area contributed by atoms with Crippen molar-refractivity contribution in [1.29, 1.82) is 0 Å². The molecule has 1 fully saturated rings. The lowest BCUT2D eigenvalue weighted by Crippen LogP contribution is -2.29. The number of rotatable bonds is 18. The summed E-state index contributed by atoms with van der Waals surface area (Å²) in [5.41, 5.74) is 0.150. The first-order chi connectivity index (χ1) is 19.2. The van der Waals surface area contributed by atoms with Crippen LogP contribution in [0.4, 0.5) is 11.4 Å². The zero-order chi connectivity index (χ0) is 28.8. The third-order valence-corrected chi connectivity index (χ3v) is 10.6. The van der Waals surface area contributed by atoms with Gasteiger partial charge in [-0.3, -0.25) is 9.44 Å². The molecule has 40 heavy (non-hydrogen) atoms. The average molecular weight is 595 g/mol. The van der Waals surface area contributed by atoms with Gasteiger partial charge in [0.05, 0.1) is 28.1 Å². The average Bonchev–Trinajstić information content (AvgIpc) is 2.94. The first-order valence-corrected chi connectivity index (χ1v) is 17.8. The summed E-state index contributed by atoms with van der Waals surface area (Å²) in [6, 6.07) is 10.1. The molecule has 10 heteroatoms. The van der Waals surface area contributed by atoms with Crippen LogP contribution in [0.15, 0.2) is 47.4 Å². The maximum Gasteiger partial charge on any atom is 0.262 e. The fourth-order valence-electron chi connectivity index (χ4n) is 5.00. The van der Waals surface area contributed by atoms with Crippen LogP contribution in [0.25, 0.3) is 0 Å². The molecule has 0 unspecified atom stereocenters. The fourth-order valence-corrected chi connectivity index (χ4v) is 7.65. The van der Waals surface area contributed by atoms with Crippen molar-refractivity contribution < 1.29 is 26.7 Å². The Bertz CT molecular complexity index is 1240. The van der Waals surface area contributed by atoms with Crippen LogP contribution in [0.1, 0.15) is 103 Å². The van der Waals surface area contributed by atoms with Crippen LogP contribution in [0.2, 0.25) is 0 Å². The highest BCUT2D eigenvalue weighted by atomic mass is 32.2. The van der Waals surface area contributed by atoms with Crippen LogP contribution >= 0.6 is 0 Å². The topological polar surface area (TPSA) is 122 Å². The van der Waals surface area contributed by atoms with Gasteiger partial charge in [0.25, 0.3) is 10.0 Å². The Morgan fingerprint density at radius 3 is 1.98 bits per heavy atom. The SMILES string of the molecule is CCCCCCCCCCCCOc1ccc(S(=O)(=O)Nc2ccc(NS(=O)(=O)C3CCCCC3)cc2O)cc1. The van der Waals surface area contributed by atoms with Crippen LogP contribution in [-0.4, -0.2) is 33.8 Å². The van der Waals surface area contributed by atoms with Crippen molar-refractivity contribution in [2.75, 3.05) is 16.1 Å². The number of benzene rings is 2. The zero-order valence-corrected chi connectivity index (χ0v) is 25.4. The van der Waals surface area contributed by atoms with E-state index in [-0.39, 0.29) is 22.0 Å². The maximum absolute atomic E-state index is 12.9. The van der Waals surface area contributed by atoms with E-state index in [1.807, 2.05) is 0 Å². The van der Waals surface area contributed by atoms with Crippen molar-refractivity contribution in [1.82, 2.24) is 0 Å². The highest BCUT2D eigenvalue weighted by Gasteiger charge is 2.27. The Morgan fingerprint density at radius 1 is 0.775 bits per heavy atom. The number of phenolic OH excluding ortho intramolecular Hbond substituents is 1. The first-order valence-electron chi connectivity index (χ1n) is 14.8. The van der Waals surface area contributed by atoms with Crippen molar-refractivity contribution in [2.45, 2.75) is 113 Å². The standard InChI is InChI=1S/C30H46N2O6S2/c1-2-3-4-5-6-7-8-9-10-14-23-38-26-18-20-28(21-19-26)40(36,37)32-29-22-17-25(24-30(29)33)31-39(34,35)27-15-12-11-13-16-27/h17-22,24,27,31-33H,2-16,23H2,1H3. The molecule has 224 valence electrons. The van der Waals surface area contributed by atoms with Gasteiger partial charge < -0.3 is 9.84 Å². The summed E-state index contributed by atoms with van der Waals surface area (Å²) in [5.74, 6) is 0.233. The molecule has 3 N–H and O–H groups in total. The number of anilines is 2. The highest BCUT2D eigenvalue weighted by molar-refractivity contribution is 7.93. The molecule has 0 aromatic heterocycles. The third-order valence-electron chi connectivity index (χ3n) is 7.39. The molecule has 8 nitrogen and oxygen atoms in total. The van der Waals surface area contributed by atoms with Crippen LogP contribution in [0.3, 0.4) is 0 Å². The normalized spacial score (nSPS) is 14.6. The first kappa shape index (κ1) is 32.1. The Hall–Kier alpha value is -2.46. The Kier molecular flexibility index (Phi) is 12.9. The number of sulfonamides is 2. The summed E-state index contributed by atoms with van der Waals surface area (Å²) in [4.78, 5) is 0.0280. The molecule has 1 aliphatic rings. The molecule has 0 spiro atoms. The van der Waals surface area contributed by atoms with Crippen LogP contribution in [0, 0.1) is 0 Å². The highest BCUT2D eigenvalue weighted by Crippen LogP contribution is 2.31. The molecular formula is C30H46N2O6S2. The third kappa shape index (κ3) is 10.5. The summed E-state index contributed by atoms with van der Waals surface area (Å²) in [6.45, 7) is 2.82. The number of phenols is 1. The second-order valence-electron chi connectivity index (χ2n) is 10.7. The Labute approximate surface area is 241 Å². The molecule has 0 saturated heterocycles. The zero-order valence-electron chi connectivity index (χ0n) is 23.7. The number of hydrogen-bond donors (Lipinski definition) is 3. The number of nitrogens with one attached hydrogen (secondary N) is 2. The number of ether oxygens (including phenoxy) is 1. The molecule has 2 aromatic carbocycles. The van der Waals surface area contributed by atoms with E-state index in [0.717, 1.165) is 32.1 Å². The minimum absolute atomic E-state index is 0.0280. The van der Waals surface area contributed by atoms with E-state index >= 15 is 0 Å². The second kappa shape index (κ2) is 16.1. The second-order valence-corrected chi connectivity index (χ2v) is 14.4. The monoisotopic (exact) mass is 594 g/mol. The summed E-state index contributed by atoms with van der Waals surface area (Å²) in [7, 11) is -7.55. The van der Waals surface area contributed by atoms with Crippen molar-refractivity contribution in [3.8, 4) is 11.5 Å². The van der Waals surface area contributed by atoms with Crippen LogP contribution in [-0.2, 0) is 20.0 Å². The molecule has 0 radical (unpaired) electrons. The van der Waals surface area contributed by atoms with Crippen LogP contribution in [0.5, 0.6) is 11.5 Å². The van der Waals surface area contributed by atoms with Gasteiger partial charge in [-0.1, -0.05) is 84.0 Å². The summed E-state index contributed by atoms with van der Waals surface area (Å²) in [6.07, 6.45) is 16.5. The van der Waals surface area contributed by atoms with Gasteiger partial charge >= 0.3 is 0 Å². The number of unbranched alkanes of at least 4 members (excludes halogenated alkanes) is 9. The molecule has 0 aliphatic heterocycles. The van der Waals surface area contributed by atoms with Crippen LogP contribution < -0.4 is 14.2 Å². The van der Waals surface area contributed by atoms with Gasteiger partial charge in [0.15, 0.2) is 0 Å². The van der Waals surface area contributed by atoms with Crippen molar-refractivity contribution in [3.63, 3.8) is 0 Å². The molecule has 1 saturated carbocycles. The molecule has 1 aliphatic carbocycles. The van der Waals surface area contributed by atoms with Crippen molar-refractivity contribution >= 4 is 31.4 Å². The lowest BCUT2D eigenvalue weighted by molar-refractivity contribution is 0.304. The maximum atomic E-state index is 12.9. The summed E-state index contributed by atoms with van der Waals surface area (Å²) < 4.78 is 61.7. The van der Waals surface area contributed by atoms with E-state index in [2.05, 4.69) is 16.4 Å². The summed E-state index contributed by atoms with van der Waals surface area (Å²) in [5, 5.41) is 9.95. The molecule has 0 atom stereocenters. The van der Waals surface area contributed by atoms with Gasteiger partial charge in [-0.05, 0) is 55.7 Å². The van der Waals surface area contributed by atoms with Crippen molar-refractivity contribution in [3.05, 3.63) is 42.5 Å². The molecular weight excluding hydrogens is 548 g/mol. The lowest BCUT2D eigenvalue weighted by atomic mass is 10.0. The van der Waals surface area contributed by atoms with Gasteiger partial charge in [-0.2, -0.15) is 0 Å². The van der Waals surface area contributed by atoms with Gasteiger partial charge in [0, 0.05) is 6.07 Å². The predicted octanol–water partition coefficient (Wildman–Crippen LogP) is 7.57.